The van der Waals surface area contributed by atoms with E-state index in [2.05, 4.69) is 17.0 Å². The van der Waals surface area contributed by atoms with Gasteiger partial charge in [-0.25, -0.2) is 4.79 Å². The van der Waals surface area contributed by atoms with Crippen LogP contribution < -0.4 is 4.90 Å². The standard InChI is InChI=1S/C16H15N3O2/c17-8-1-9-19(14-4-5-14)15-6-2-12(3-7-16(20)21)10-13(15)11-18/h2-3,6-7,10,14H,1,4-5,9H2,(H,20,21)/b7-3+. The molecule has 1 saturated carbocycles. The van der Waals surface area contributed by atoms with E-state index in [1.807, 2.05) is 6.07 Å². The first-order valence-corrected chi connectivity index (χ1v) is 6.74. The Bertz CT molecular complexity index is 648. The third-order valence-electron chi connectivity index (χ3n) is 3.32. The van der Waals surface area contributed by atoms with Crippen LogP contribution in [0.25, 0.3) is 6.08 Å². The number of hydrogen-bond donors (Lipinski definition) is 1. The average Bonchev–Trinajstić information content (AvgIpc) is 3.31. The summed E-state index contributed by atoms with van der Waals surface area (Å²) in [6, 6.07) is 9.99. The lowest BCUT2D eigenvalue weighted by molar-refractivity contribution is -0.131. The second-order valence-electron chi connectivity index (χ2n) is 4.89. The molecule has 1 aromatic rings. The molecule has 0 aromatic heterocycles. The first-order valence-electron chi connectivity index (χ1n) is 6.74. The molecule has 21 heavy (non-hydrogen) atoms. The van der Waals surface area contributed by atoms with Crippen LogP contribution in [0.4, 0.5) is 5.69 Å². The van der Waals surface area contributed by atoms with E-state index < -0.39 is 5.97 Å². The summed E-state index contributed by atoms with van der Waals surface area (Å²) in [5.74, 6) is -1.02. The van der Waals surface area contributed by atoms with Gasteiger partial charge >= 0.3 is 5.97 Å². The number of anilines is 1. The maximum Gasteiger partial charge on any atom is 0.328 e. The number of aliphatic carboxylic acids is 1. The monoisotopic (exact) mass is 281 g/mol. The minimum Gasteiger partial charge on any atom is -0.478 e. The number of hydrogen-bond acceptors (Lipinski definition) is 4. The summed E-state index contributed by atoms with van der Waals surface area (Å²) in [6.45, 7) is 0.611. The Morgan fingerprint density at radius 2 is 2.19 bits per heavy atom. The highest BCUT2D eigenvalue weighted by molar-refractivity contribution is 5.85. The van der Waals surface area contributed by atoms with Gasteiger partial charge in [0.25, 0.3) is 0 Å². The zero-order chi connectivity index (χ0) is 15.2. The lowest BCUT2D eigenvalue weighted by Gasteiger charge is -2.24. The molecule has 0 amide bonds. The molecule has 5 heteroatoms. The van der Waals surface area contributed by atoms with E-state index in [-0.39, 0.29) is 0 Å². The van der Waals surface area contributed by atoms with Crippen LogP contribution in [0.3, 0.4) is 0 Å². The molecule has 2 rings (SSSR count). The molecule has 0 spiro atoms. The number of nitrogens with zero attached hydrogens (tertiary/aromatic N) is 3. The minimum absolute atomic E-state index is 0.408. The van der Waals surface area contributed by atoms with Gasteiger partial charge < -0.3 is 10.0 Å². The van der Waals surface area contributed by atoms with Crippen LogP contribution in [0.2, 0.25) is 0 Å². The third kappa shape index (κ3) is 3.84. The quantitative estimate of drug-likeness (QED) is 0.809. The normalized spacial score (nSPS) is 13.6. The van der Waals surface area contributed by atoms with E-state index in [0.717, 1.165) is 24.6 Å². The molecule has 1 aliphatic rings. The Balaban J connectivity index is 2.28. The van der Waals surface area contributed by atoms with Gasteiger partial charge in [0.2, 0.25) is 0 Å². The fourth-order valence-electron chi connectivity index (χ4n) is 2.22. The fourth-order valence-corrected chi connectivity index (χ4v) is 2.22. The number of benzene rings is 1. The molecule has 0 unspecified atom stereocenters. The van der Waals surface area contributed by atoms with Crippen molar-refractivity contribution < 1.29 is 9.90 Å². The second-order valence-corrected chi connectivity index (χ2v) is 4.89. The zero-order valence-electron chi connectivity index (χ0n) is 11.5. The van der Waals surface area contributed by atoms with E-state index in [4.69, 9.17) is 10.4 Å². The Morgan fingerprint density at radius 1 is 1.43 bits per heavy atom. The summed E-state index contributed by atoms with van der Waals surface area (Å²) in [6.07, 6.45) is 5.09. The molecule has 0 aliphatic heterocycles. The summed E-state index contributed by atoms with van der Waals surface area (Å²) < 4.78 is 0. The van der Waals surface area contributed by atoms with Crippen molar-refractivity contribution in [3.05, 3.63) is 35.4 Å². The molecule has 106 valence electrons. The van der Waals surface area contributed by atoms with E-state index in [1.165, 1.54) is 6.08 Å². The van der Waals surface area contributed by atoms with Crippen LogP contribution in [-0.4, -0.2) is 23.7 Å². The van der Waals surface area contributed by atoms with Gasteiger partial charge in [0.1, 0.15) is 6.07 Å². The highest BCUT2D eigenvalue weighted by Crippen LogP contribution is 2.34. The zero-order valence-corrected chi connectivity index (χ0v) is 11.5. The molecule has 1 fully saturated rings. The van der Waals surface area contributed by atoms with Crippen molar-refractivity contribution >= 4 is 17.7 Å². The molecule has 0 radical (unpaired) electrons. The number of carbonyl (C=O) groups is 1. The molecule has 5 nitrogen and oxygen atoms in total. The van der Waals surface area contributed by atoms with Crippen LogP contribution in [0.1, 0.15) is 30.4 Å². The van der Waals surface area contributed by atoms with Gasteiger partial charge in [0, 0.05) is 18.7 Å². The van der Waals surface area contributed by atoms with Crippen molar-refractivity contribution in [3.63, 3.8) is 0 Å². The maximum absolute atomic E-state index is 10.5. The van der Waals surface area contributed by atoms with Gasteiger partial charge in [-0.3, -0.25) is 0 Å². The smallest absolute Gasteiger partial charge is 0.328 e. The van der Waals surface area contributed by atoms with Gasteiger partial charge in [-0.2, -0.15) is 10.5 Å². The largest absolute Gasteiger partial charge is 0.478 e. The Hall–Kier alpha value is -2.79. The number of carboxylic acid groups (broad SMARTS) is 1. The first-order chi connectivity index (χ1) is 10.2. The van der Waals surface area contributed by atoms with Gasteiger partial charge in [0.15, 0.2) is 0 Å². The van der Waals surface area contributed by atoms with Crippen LogP contribution >= 0.6 is 0 Å². The number of carboxylic acids is 1. The van der Waals surface area contributed by atoms with Gasteiger partial charge in [0.05, 0.1) is 23.7 Å². The molecular weight excluding hydrogens is 266 g/mol. The molecule has 0 bridgehead atoms. The topological polar surface area (TPSA) is 88.1 Å². The summed E-state index contributed by atoms with van der Waals surface area (Å²) in [7, 11) is 0. The molecule has 0 atom stereocenters. The maximum atomic E-state index is 10.5. The third-order valence-corrected chi connectivity index (χ3v) is 3.32. The molecule has 1 aromatic carbocycles. The molecule has 0 heterocycles. The lowest BCUT2D eigenvalue weighted by atomic mass is 10.1. The predicted molar refractivity (Wildman–Crippen MR) is 78.4 cm³/mol. The average molecular weight is 281 g/mol. The first kappa shape index (κ1) is 14.6. The van der Waals surface area contributed by atoms with E-state index in [0.29, 0.717) is 30.1 Å². The molecule has 0 saturated heterocycles. The van der Waals surface area contributed by atoms with E-state index >= 15 is 0 Å². The summed E-state index contributed by atoms with van der Waals surface area (Å²) in [5, 5.41) is 26.7. The van der Waals surface area contributed by atoms with Crippen LogP contribution in [0.15, 0.2) is 24.3 Å². The van der Waals surface area contributed by atoms with Crippen molar-refractivity contribution in [3.8, 4) is 12.1 Å². The van der Waals surface area contributed by atoms with E-state index in [9.17, 15) is 10.1 Å². The highest BCUT2D eigenvalue weighted by Gasteiger charge is 2.30. The Morgan fingerprint density at radius 3 is 2.76 bits per heavy atom. The summed E-state index contributed by atoms with van der Waals surface area (Å²) in [5.41, 5.74) is 2.00. The van der Waals surface area contributed by atoms with Crippen molar-refractivity contribution in [2.75, 3.05) is 11.4 Å². The van der Waals surface area contributed by atoms with Crippen molar-refractivity contribution in [2.24, 2.45) is 0 Å². The van der Waals surface area contributed by atoms with Crippen LogP contribution in [-0.2, 0) is 4.79 Å². The molecule has 1 aliphatic carbocycles. The lowest BCUT2D eigenvalue weighted by Crippen LogP contribution is -2.27. The second kappa shape index (κ2) is 6.58. The van der Waals surface area contributed by atoms with Crippen molar-refractivity contribution in [1.29, 1.82) is 10.5 Å². The highest BCUT2D eigenvalue weighted by atomic mass is 16.4. The molecule has 1 N–H and O–H groups in total. The van der Waals surface area contributed by atoms with Crippen LogP contribution in [0, 0.1) is 22.7 Å². The van der Waals surface area contributed by atoms with Crippen molar-refractivity contribution in [1.82, 2.24) is 0 Å². The van der Waals surface area contributed by atoms with Crippen molar-refractivity contribution in [2.45, 2.75) is 25.3 Å². The SMILES string of the molecule is N#CCCN(c1ccc(/C=C/C(=O)O)cc1C#N)C1CC1. The fraction of sp³-hybridized carbons (Fsp3) is 0.312. The van der Waals surface area contributed by atoms with Crippen LogP contribution in [0.5, 0.6) is 0 Å². The Kier molecular flexibility index (Phi) is 4.58. The van der Waals surface area contributed by atoms with Gasteiger partial charge in [-0.15, -0.1) is 0 Å². The summed E-state index contributed by atoms with van der Waals surface area (Å²) >= 11 is 0. The Labute approximate surface area is 123 Å². The number of rotatable bonds is 6. The predicted octanol–water partition coefficient (Wildman–Crippen LogP) is 2.54. The van der Waals surface area contributed by atoms with E-state index in [1.54, 1.807) is 12.1 Å². The minimum atomic E-state index is -1.02. The number of nitriles is 2. The van der Waals surface area contributed by atoms with Gasteiger partial charge in [-0.05, 0) is 36.6 Å². The van der Waals surface area contributed by atoms with Gasteiger partial charge in [-0.1, -0.05) is 6.07 Å². The summed E-state index contributed by atoms with van der Waals surface area (Å²) in [4.78, 5) is 12.6. The molecular formula is C16H15N3O2.